The lowest BCUT2D eigenvalue weighted by molar-refractivity contribution is 0.102. The first-order chi connectivity index (χ1) is 11.5. The van der Waals surface area contributed by atoms with Crippen molar-refractivity contribution in [1.82, 2.24) is 9.78 Å². The van der Waals surface area contributed by atoms with Gasteiger partial charge in [0.1, 0.15) is 5.02 Å². The van der Waals surface area contributed by atoms with E-state index in [9.17, 15) is 4.79 Å². The molecule has 0 saturated carbocycles. The molecule has 7 heteroatoms. The number of halogens is 3. The molecule has 0 spiro atoms. The van der Waals surface area contributed by atoms with Gasteiger partial charge in [0.15, 0.2) is 5.82 Å². The largest absolute Gasteiger partial charge is 0.304 e. The van der Waals surface area contributed by atoms with E-state index in [4.69, 9.17) is 34.8 Å². The molecule has 4 nitrogen and oxygen atoms in total. The highest BCUT2D eigenvalue weighted by molar-refractivity contribution is 6.37. The van der Waals surface area contributed by atoms with Crippen LogP contribution in [0.3, 0.4) is 0 Å². The van der Waals surface area contributed by atoms with Crippen LogP contribution in [0.2, 0.25) is 15.1 Å². The SMILES string of the molecule is Cc1c(Cl)c(NC(=O)c2ccc(Cl)cc2Cl)nn1-c1ccccc1. The summed E-state index contributed by atoms with van der Waals surface area (Å²) in [7, 11) is 0. The molecule has 1 amide bonds. The van der Waals surface area contributed by atoms with Crippen LogP contribution in [0, 0.1) is 6.92 Å². The van der Waals surface area contributed by atoms with Crippen LogP contribution in [0.1, 0.15) is 16.1 Å². The Kier molecular flexibility index (Phi) is 4.81. The molecule has 1 aromatic heterocycles. The topological polar surface area (TPSA) is 46.9 Å². The lowest BCUT2D eigenvalue weighted by Crippen LogP contribution is -2.13. The van der Waals surface area contributed by atoms with Crippen LogP contribution in [0.4, 0.5) is 5.82 Å². The summed E-state index contributed by atoms with van der Waals surface area (Å²) in [4.78, 5) is 12.4. The molecule has 0 aliphatic rings. The normalized spacial score (nSPS) is 10.7. The van der Waals surface area contributed by atoms with Crippen molar-refractivity contribution in [3.63, 3.8) is 0 Å². The molecule has 0 aliphatic heterocycles. The first-order valence-corrected chi connectivity index (χ1v) is 8.17. The van der Waals surface area contributed by atoms with Gasteiger partial charge >= 0.3 is 0 Å². The van der Waals surface area contributed by atoms with Gasteiger partial charge in [0.05, 0.1) is 22.0 Å². The molecule has 0 saturated heterocycles. The summed E-state index contributed by atoms with van der Waals surface area (Å²) in [6, 6.07) is 14.2. The number of carbonyl (C=O) groups is 1. The third-order valence-corrected chi connectivity index (χ3v) is 4.45. The van der Waals surface area contributed by atoms with Crippen LogP contribution in [0.15, 0.2) is 48.5 Å². The van der Waals surface area contributed by atoms with E-state index in [0.29, 0.717) is 15.6 Å². The number of benzene rings is 2. The fraction of sp³-hybridized carbons (Fsp3) is 0.0588. The molecule has 0 unspecified atom stereocenters. The van der Waals surface area contributed by atoms with Gasteiger partial charge in [-0.3, -0.25) is 4.79 Å². The minimum Gasteiger partial charge on any atom is -0.304 e. The van der Waals surface area contributed by atoms with E-state index in [1.165, 1.54) is 6.07 Å². The third-order valence-electron chi connectivity index (χ3n) is 3.45. The van der Waals surface area contributed by atoms with Gasteiger partial charge in [-0.15, -0.1) is 5.10 Å². The summed E-state index contributed by atoms with van der Waals surface area (Å²) < 4.78 is 1.67. The van der Waals surface area contributed by atoms with Crippen molar-refractivity contribution in [2.75, 3.05) is 5.32 Å². The number of carbonyl (C=O) groups excluding carboxylic acids is 1. The van der Waals surface area contributed by atoms with E-state index >= 15 is 0 Å². The predicted molar refractivity (Wildman–Crippen MR) is 97.7 cm³/mol. The molecule has 122 valence electrons. The Morgan fingerprint density at radius 3 is 2.46 bits per heavy atom. The van der Waals surface area contributed by atoms with Gasteiger partial charge in [0, 0.05) is 5.02 Å². The van der Waals surface area contributed by atoms with Gasteiger partial charge in [0.25, 0.3) is 5.91 Å². The molecule has 0 bridgehead atoms. The Bertz CT molecular complexity index is 907. The van der Waals surface area contributed by atoms with E-state index in [1.54, 1.807) is 16.8 Å². The quantitative estimate of drug-likeness (QED) is 0.662. The number of hydrogen-bond donors (Lipinski definition) is 1. The zero-order chi connectivity index (χ0) is 17.3. The number of anilines is 1. The molecule has 1 N–H and O–H groups in total. The number of hydrogen-bond acceptors (Lipinski definition) is 2. The molecule has 0 atom stereocenters. The van der Waals surface area contributed by atoms with Gasteiger partial charge in [-0.25, -0.2) is 4.68 Å². The van der Waals surface area contributed by atoms with Gasteiger partial charge < -0.3 is 5.32 Å². The van der Waals surface area contributed by atoms with Crippen molar-refractivity contribution >= 4 is 46.5 Å². The summed E-state index contributed by atoms with van der Waals surface area (Å²) >= 11 is 18.2. The summed E-state index contributed by atoms with van der Waals surface area (Å²) in [5.74, 6) is -0.134. The monoisotopic (exact) mass is 379 g/mol. The van der Waals surface area contributed by atoms with Crippen molar-refractivity contribution < 1.29 is 4.79 Å². The van der Waals surface area contributed by atoms with Crippen LogP contribution in [-0.2, 0) is 0 Å². The second-order valence-corrected chi connectivity index (χ2v) is 6.30. The number of para-hydroxylation sites is 1. The molecule has 0 radical (unpaired) electrons. The number of aromatic nitrogens is 2. The smallest absolute Gasteiger partial charge is 0.258 e. The van der Waals surface area contributed by atoms with Gasteiger partial charge in [-0.05, 0) is 37.3 Å². The number of amides is 1. The number of nitrogens with one attached hydrogen (secondary N) is 1. The molecule has 3 rings (SSSR count). The van der Waals surface area contributed by atoms with E-state index in [0.717, 1.165) is 11.4 Å². The van der Waals surface area contributed by atoms with Crippen molar-refractivity contribution in [2.24, 2.45) is 0 Å². The molecular formula is C17H12Cl3N3O. The highest BCUT2D eigenvalue weighted by atomic mass is 35.5. The summed E-state index contributed by atoms with van der Waals surface area (Å²) in [5, 5.41) is 8.15. The Balaban J connectivity index is 1.92. The van der Waals surface area contributed by atoms with Gasteiger partial charge in [-0.1, -0.05) is 53.0 Å². The maximum atomic E-state index is 12.4. The molecule has 2 aromatic carbocycles. The van der Waals surface area contributed by atoms with Crippen molar-refractivity contribution in [3.05, 3.63) is 74.9 Å². The molecule has 1 heterocycles. The molecule has 0 fully saturated rings. The molecule has 0 aliphatic carbocycles. The van der Waals surface area contributed by atoms with E-state index in [-0.39, 0.29) is 10.8 Å². The molecule has 3 aromatic rings. The van der Waals surface area contributed by atoms with E-state index < -0.39 is 5.91 Å². The summed E-state index contributed by atoms with van der Waals surface area (Å²) in [6.07, 6.45) is 0. The van der Waals surface area contributed by atoms with Crippen LogP contribution in [-0.4, -0.2) is 15.7 Å². The van der Waals surface area contributed by atoms with Crippen LogP contribution in [0.25, 0.3) is 5.69 Å². The van der Waals surface area contributed by atoms with Crippen LogP contribution >= 0.6 is 34.8 Å². The maximum absolute atomic E-state index is 12.4. The standard InChI is InChI=1S/C17H12Cl3N3O/c1-10-15(20)16(22-23(10)12-5-3-2-4-6-12)21-17(24)13-8-7-11(18)9-14(13)19/h2-9H,1H3,(H,21,22,24). The van der Waals surface area contributed by atoms with Gasteiger partial charge in [-0.2, -0.15) is 0 Å². The van der Waals surface area contributed by atoms with Crippen molar-refractivity contribution in [1.29, 1.82) is 0 Å². The molecular weight excluding hydrogens is 369 g/mol. The Morgan fingerprint density at radius 2 is 1.79 bits per heavy atom. The zero-order valence-electron chi connectivity index (χ0n) is 12.6. The lowest BCUT2D eigenvalue weighted by atomic mass is 10.2. The second kappa shape index (κ2) is 6.85. The van der Waals surface area contributed by atoms with Gasteiger partial charge in [0.2, 0.25) is 0 Å². The number of rotatable bonds is 3. The minimum absolute atomic E-state index is 0.260. The Labute approximate surface area is 154 Å². The minimum atomic E-state index is -0.406. The van der Waals surface area contributed by atoms with Crippen LogP contribution in [0.5, 0.6) is 0 Å². The molecule has 24 heavy (non-hydrogen) atoms. The van der Waals surface area contributed by atoms with Crippen LogP contribution < -0.4 is 5.32 Å². The maximum Gasteiger partial charge on any atom is 0.258 e. The second-order valence-electron chi connectivity index (χ2n) is 5.07. The lowest BCUT2D eigenvalue weighted by Gasteiger charge is -2.05. The Morgan fingerprint density at radius 1 is 1.08 bits per heavy atom. The first kappa shape index (κ1) is 16.8. The summed E-state index contributed by atoms with van der Waals surface area (Å²) in [6.45, 7) is 1.83. The van der Waals surface area contributed by atoms with E-state index in [1.807, 2.05) is 37.3 Å². The highest BCUT2D eigenvalue weighted by Crippen LogP contribution is 2.28. The average Bonchev–Trinajstić information content (AvgIpc) is 2.84. The third kappa shape index (κ3) is 3.26. The fourth-order valence-electron chi connectivity index (χ4n) is 2.23. The fourth-order valence-corrected chi connectivity index (χ4v) is 2.89. The first-order valence-electron chi connectivity index (χ1n) is 7.04. The predicted octanol–water partition coefficient (Wildman–Crippen LogP) is 5.39. The van der Waals surface area contributed by atoms with E-state index in [2.05, 4.69) is 10.4 Å². The zero-order valence-corrected chi connectivity index (χ0v) is 14.8. The van der Waals surface area contributed by atoms with Crippen molar-refractivity contribution in [2.45, 2.75) is 6.92 Å². The average molecular weight is 381 g/mol. The summed E-state index contributed by atoms with van der Waals surface area (Å²) in [5.41, 5.74) is 1.87. The Hall–Kier alpha value is -2.01. The highest BCUT2D eigenvalue weighted by Gasteiger charge is 2.18. The van der Waals surface area contributed by atoms with Crippen molar-refractivity contribution in [3.8, 4) is 5.69 Å². The number of nitrogens with zero attached hydrogens (tertiary/aromatic N) is 2.